The quantitative estimate of drug-likeness (QED) is 0.578. The molecule has 0 radical (unpaired) electrons. The van der Waals surface area contributed by atoms with Crippen LogP contribution in [0.3, 0.4) is 0 Å². The largest absolute Gasteiger partial charge is 0.468 e. The van der Waals surface area contributed by atoms with Gasteiger partial charge < -0.3 is 9.84 Å². The molecule has 1 heterocycles. The zero-order valence-electron chi connectivity index (χ0n) is 7.49. The van der Waals surface area contributed by atoms with Gasteiger partial charge in [-0.3, -0.25) is 9.69 Å². The van der Waals surface area contributed by atoms with Gasteiger partial charge in [0.1, 0.15) is 6.04 Å². The standard InChI is InChI=1S/C8H15NO3/c1-6(8(11)12-2)9-4-3-7(10)5-9/h6-7,10H,3-5H2,1-2H3/t6?,7-/m0/s1. The van der Waals surface area contributed by atoms with Crippen LogP contribution in [0.25, 0.3) is 0 Å². The molecule has 0 aliphatic carbocycles. The van der Waals surface area contributed by atoms with Crippen molar-refractivity contribution in [3.63, 3.8) is 0 Å². The molecule has 0 spiro atoms. The number of carbonyl (C=O) groups is 1. The first-order valence-electron chi connectivity index (χ1n) is 4.15. The van der Waals surface area contributed by atoms with Crippen LogP contribution in [0.1, 0.15) is 13.3 Å². The smallest absolute Gasteiger partial charge is 0.322 e. The summed E-state index contributed by atoms with van der Waals surface area (Å²) in [6.45, 7) is 3.15. The predicted molar refractivity (Wildman–Crippen MR) is 43.7 cm³/mol. The monoisotopic (exact) mass is 173 g/mol. The van der Waals surface area contributed by atoms with Crippen molar-refractivity contribution in [3.05, 3.63) is 0 Å². The van der Waals surface area contributed by atoms with Gasteiger partial charge in [-0.05, 0) is 13.3 Å². The average molecular weight is 173 g/mol. The minimum atomic E-state index is -0.280. The lowest BCUT2D eigenvalue weighted by atomic mass is 10.3. The van der Waals surface area contributed by atoms with E-state index in [4.69, 9.17) is 0 Å². The van der Waals surface area contributed by atoms with Crippen LogP contribution in [0.15, 0.2) is 0 Å². The molecule has 0 saturated carbocycles. The third-order valence-corrected chi connectivity index (χ3v) is 2.28. The lowest BCUT2D eigenvalue weighted by molar-refractivity contribution is -0.146. The Morgan fingerprint density at radius 1 is 1.75 bits per heavy atom. The number of methoxy groups -OCH3 is 1. The van der Waals surface area contributed by atoms with Crippen molar-refractivity contribution in [2.75, 3.05) is 20.2 Å². The molecular formula is C8H15NO3. The second kappa shape index (κ2) is 3.87. The molecule has 2 atom stereocenters. The molecule has 1 N–H and O–H groups in total. The minimum absolute atomic E-state index is 0.229. The highest BCUT2D eigenvalue weighted by Crippen LogP contribution is 2.12. The number of aliphatic hydroxyl groups is 1. The van der Waals surface area contributed by atoms with Crippen molar-refractivity contribution in [3.8, 4) is 0 Å². The Morgan fingerprint density at radius 3 is 2.83 bits per heavy atom. The summed E-state index contributed by atoms with van der Waals surface area (Å²) in [6.07, 6.45) is 0.471. The maximum atomic E-state index is 11.1. The van der Waals surface area contributed by atoms with Gasteiger partial charge in [0.25, 0.3) is 0 Å². The zero-order valence-corrected chi connectivity index (χ0v) is 7.49. The van der Waals surface area contributed by atoms with Gasteiger partial charge in [0.2, 0.25) is 0 Å². The van der Waals surface area contributed by atoms with Crippen molar-refractivity contribution in [2.45, 2.75) is 25.5 Å². The van der Waals surface area contributed by atoms with Crippen LogP contribution in [0.4, 0.5) is 0 Å². The van der Waals surface area contributed by atoms with E-state index in [1.807, 2.05) is 4.90 Å². The Hall–Kier alpha value is -0.610. The Bertz CT molecular complexity index is 172. The van der Waals surface area contributed by atoms with E-state index in [1.54, 1.807) is 6.92 Å². The summed E-state index contributed by atoms with van der Waals surface area (Å²) >= 11 is 0. The number of hydrogen-bond donors (Lipinski definition) is 1. The van der Waals surface area contributed by atoms with Crippen LogP contribution >= 0.6 is 0 Å². The summed E-state index contributed by atoms with van der Waals surface area (Å²) in [5, 5.41) is 9.21. The van der Waals surface area contributed by atoms with Gasteiger partial charge in [0, 0.05) is 13.1 Å². The van der Waals surface area contributed by atoms with Gasteiger partial charge in [-0.2, -0.15) is 0 Å². The number of ether oxygens (including phenoxy) is 1. The third-order valence-electron chi connectivity index (χ3n) is 2.28. The summed E-state index contributed by atoms with van der Waals surface area (Å²) in [7, 11) is 1.38. The summed E-state index contributed by atoms with van der Waals surface area (Å²) in [5.74, 6) is -0.232. The van der Waals surface area contributed by atoms with Gasteiger partial charge in [-0.1, -0.05) is 0 Å². The summed E-state index contributed by atoms with van der Waals surface area (Å²) in [6, 6.07) is -0.229. The molecule has 0 aromatic carbocycles. The summed E-state index contributed by atoms with van der Waals surface area (Å²) < 4.78 is 4.60. The minimum Gasteiger partial charge on any atom is -0.468 e. The van der Waals surface area contributed by atoms with E-state index in [-0.39, 0.29) is 18.1 Å². The Morgan fingerprint density at radius 2 is 2.42 bits per heavy atom. The van der Waals surface area contributed by atoms with E-state index in [0.717, 1.165) is 13.0 Å². The van der Waals surface area contributed by atoms with Gasteiger partial charge in [0.15, 0.2) is 0 Å². The first kappa shape index (κ1) is 9.48. The number of rotatable bonds is 2. The van der Waals surface area contributed by atoms with E-state index in [0.29, 0.717) is 6.54 Å². The molecule has 0 aromatic rings. The SMILES string of the molecule is COC(=O)C(C)N1CC[C@H](O)C1. The molecular weight excluding hydrogens is 158 g/mol. The second-order valence-corrected chi connectivity index (χ2v) is 3.14. The van der Waals surface area contributed by atoms with Crippen LogP contribution in [0.5, 0.6) is 0 Å². The van der Waals surface area contributed by atoms with Crippen LogP contribution in [-0.4, -0.2) is 48.3 Å². The maximum absolute atomic E-state index is 11.1. The third kappa shape index (κ3) is 1.95. The van der Waals surface area contributed by atoms with E-state index >= 15 is 0 Å². The van der Waals surface area contributed by atoms with Crippen molar-refractivity contribution in [2.24, 2.45) is 0 Å². The average Bonchev–Trinajstić information content (AvgIpc) is 2.49. The van der Waals surface area contributed by atoms with Crippen molar-refractivity contribution in [1.82, 2.24) is 4.90 Å². The molecule has 0 amide bonds. The number of likely N-dealkylation sites (tertiary alicyclic amines) is 1. The van der Waals surface area contributed by atoms with Gasteiger partial charge in [-0.25, -0.2) is 0 Å². The number of hydrogen-bond acceptors (Lipinski definition) is 4. The van der Waals surface area contributed by atoms with E-state index in [9.17, 15) is 9.90 Å². The molecule has 1 rings (SSSR count). The van der Waals surface area contributed by atoms with Gasteiger partial charge in [-0.15, -0.1) is 0 Å². The Kier molecular flexibility index (Phi) is 3.05. The molecule has 70 valence electrons. The molecule has 1 fully saturated rings. The van der Waals surface area contributed by atoms with E-state index in [2.05, 4.69) is 4.74 Å². The van der Waals surface area contributed by atoms with E-state index < -0.39 is 0 Å². The Labute approximate surface area is 72.1 Å². The molecule has 0 aromatic heterocycles. The summed E-state index contributed by atoms with van der Waals surface area (Å²) in [4.78, 5) is 13.0. The fourth-order valence-corrected chi connectivity index (χ4v) is 1.44. The molecule has 12 heavy (non-hydrogen) atoms. The van der Waals surface area contributed by atoms with Crippen LogP contribution in [-0.2, 0) is 9.53 Å². The molecule has 1 aliphatic heterocycles. The van der Waals surface area contributed by atoms with Crippen molar-refractivity contribution >= 4 is 5.97 Å². The zero-order chi connectivity index (χ0) is 9.14. The highest BCUT2D eigenvalue weighted by atomic mass is 16.5. The fraction of sp³-hybridized carbons (Fsp3) is 0.875. The first-order chi connectivity index (χ1) is 5.65. The molecule has 1 aliphatic rings. The molecule has 4 heteroatoms. The highest BCUT2D eigenvalue weighted by Gasteiger charge is 2.28. The number of esters is 1. The summed E-state index contributed by atoms with van der Waals surface area (Å²) in [5.41, 5.74) is 0. The number of carbonyl (C=O) groups excluding carboxylic acids is 1. The first-order valence-corrected chi connectivity index (χ1v) is 4.15. The van der Waals surface area contributed by atoms with Crippen LogP contribution < -0.4 is 0 Å². The van der Waals surface area contributed by atoms with Crippen molar-refractivity contribution < 1.29 is 14.6 Å². The van der Waals surface area contributed by atoms with Gasteiger partial charge >= 0.3 is 5.97 Å². The normalized spacial score (nSPS) is 27.1. The van der Waals surface area contributed by atoms with Crippen molar-refractivity contribution in [1.29, 1.82) is 0 Å². The number of nitrogens with zero attached hydrogens (tertiary/aromatic N) is 1. The number of aliphatic hydroxyl groups excluding tert-OH is 1. The Balaban J connectivity index is 2.42. The fourth-order valence-electron chi connectivity index (χ4n) is 1.44. The lowest BCUT2D eigenvalue weighted by Crippen LogP contribution is -2.38. The molecule has 4 nitrogen and oxygen atoms in total. The van der Waals surface area contributed by atoms with Crippen LogP contribution in [0, 0.1) is 0 Å². The van der Waals surface area contributed by atoms with E-state index in [1.165, 1.54) is 7.11 Å². The topological polar surface area (TPSA) is 49.8 Å². The molecule has 1 saturated heterocycles. The highest BCUT2D eigenvalue weighted by molar-refractivity contribution is 5.75. The van der Waals surface area contributed by atoms with Gasteiger partial charge in [0.05, 0.1) is 13.2 Å². The predicted octanol–water partition coefficient (Wildman–Crippen LogP) is -0.386. The maximum Gasteiger partial charge on any atom is 0.322 e. The van der Waals surface area contributed by atoms with Crippen LogP contribution in [0.2, 0.25) is 0 Å². The second-order valence-electron chi connectivity index (χ2n) is 3.14. The lowest BCUT2D eigenvalue weighted by Gasteiger charge is -2.20. The number of β-amino-alcohol motifs (C(OH)–C–C–N with tert-alkyl or cyclic N) is 1. The molecule has 1 unspecified atom stereocenters. The molecule has 0 bridgehead atoms.